The van der Waals surface area contributed by atoms with Gasteiger partial charge in [0.25, 0.3) is 0 Å². The molecule has 1 aromatic carbocycles. The molecular weight excluding hydrogens is 282 g/mol. The molecule has 0 saturated heterocycles. The van der Waals surface area contributed by atoms with Crippen molar-refractivity contribution < 1.29 is 19.4 Å². The second kappa shape index (κ2) is 8.41. The summed E-state index contributed by atoms with van der Waals surface area (Å²) in [6.45, 7) is 3.79. The zero-order valence-corrected chi connectivity index (χ0v) is 13.5. The molecule has 0 radical (unpaired) electrons. The number of methoxy groups -OCH3 is 1. The molecule has 0 aromatic heterocycles. The first-order chi connectivity index (χ1) is 10.5. The Morgan fingerprint density at radius 3 is 2.41 bits per heavy atom. The van der Waals surface area contributed by atoms with Crippen LogP contribution in [0.4, 0.5) is 0 Å². The number of carbonyl (C=O) groups excluding carboxylic acids is 1. The molecule has 1 aromatic rings. The van der Waals surface area contributed by atoms with Crippen molar-refractivity contribution in [2.24, 2.45) is 0 Å². The molecule has 0 aliphatic heterocycles. The number of carboxylic acids is 1. The first-order valence-corrected chi connectivity index (χ1v) is 7.61. The van der Waals surface area contributed by atoms with Gasteiger partial charge in [-0.05, 0) is 30.9 Å². The molecule has 5 nitrogen and oxygen atoms in total. The fraction of sp³-hybridized carbons (Fsp3) is 0.529. The fourth-order valence-electron chi connectivity index (χ4n) is 2.53. The smallest absolute Gasteiger partial charge is 0.305 e. The van der Waals surface area contributed by atoms with Gasteiger partial charge in [-0.2, -0.15) is 0 Å². The van der Waals surface area contributed by atoms with Gasteiger partial charge in [0.2, 0.25) is 5.91 Å². The van der Waals surface area contributed by atoms with Crippen LogP contribution in [-0.4, -0.2) is 29.6 Å². The van der Waals surface area contributed by atoms with Crippen LogP contribution in [0.3, 0.4) is 0 Å². The van der Waals surface area contributed by atoms with Crippen molar-refractivity contribution >= 4 is 11.9 Å². The lowest BCUT2D eigenvalue weighted by molar-refractivity contribution is -0.139. The largest absolute Gasteiger partial charge is 0.496 e. The number of aliphatic carboxylic acids is 1. The fourth-order valence-corrected chi connectivity index (χ4v) is 2.53. The lowest BCUT2D eigenvalue weighted by Crippen LogP contribution is -2.49. The highest BCUT2D eigenvalue weighted by molar-refractivity contribution is 5.78. The van der Waals surface area contributed by atoms with Crippen LogP contribution < -0.4 is 10.1 Å². The van der Waals surface area contributed by atoms with E-state index in [-0.39, 0.29) is 12.3 Å². The monoisotopic (exact) mass is 307 g/mol. The Morgan fingerprint density at radius 2 is 1.86 bits per heavy atom. The molecule has 0 spiro atoms. The molecule has 0 heterocycles. The Morgan fingerprint density at radius 1 is 1.23 bits per heavy atom. The van der Waals surface area contributed by atoms with Crippen LogP contribution in [0.1, 0.15) is 45.1 Å². The second-order valence-electron chi connectivity index (χ2n) is 5.42. The first kappa shape index (κ1) is 18.0. The zero-order valence-electron chi connectivity index (χ0n) is 13.5. The van der Waals surface area contributed by atoms with E-state index in [1.54, 1.807) is 7.11 Å². The Bertz CT molecular complexity index is 509. The van der Waals surface area contributed by atoms with Gasteiger partial charge in [-0.3, -0.25) is 9.59 Å². The average Bonchev–Trinajstić information content (AvgIpc) is 2.52. The van der Waals surface area contributed by atoms with E-state index in [1.807, 2.05) is 38.1 Å². The minimum absolute atomic E-state index is 0.0552. The van der Waals surface area contributed by atoms with E-state index in [9.17, 15) is 9.59 Å². The van der Waals surface area contributed by atoms with Gasteiger partial charge in [-0.25, -0.2) is 0 Å². The van der Waals surface area contributed by atoms with Crippen LogP contribution in [-0.2, 0) is 16.0 Å². The highest BCUT2D eigenvalue weighted by Gasteiger charge is 2.30. The van der Waals surface area contributed by atoms with E-state index in [4.69, 9.17) is 9.84 Å². The van der Waals surface area contributed by atoms with E-state index in [0.29, 0.717) is 25.7 Å². The summed E-state index contributed by atoms with van der Waals surface area (Å²) in [5.41, 5.74) is 0.306. The Labute approximate surface area is 131 Å². The van der Waals surface area contributed by atoms with Crippen molar-refractivity contribution in [3.63, 3.8) is 0 Å². The van der Waals surface area contributed by atoms with Gasteiger partial charge in [-0.15, -0.1) is 0 Å². The van der Waals surface area contributed by atoms with Gasteiger partial charge < -0.3 is 15.2 Å². The van der Waals surface area contributed by atoms with Crippen LogP contribution in [0, 0.1) is 0 Å². The normalized spacial score (nSPS) is 11.0. The molecule has 0 aliphatic rings. The van der Waals surface area contributed by atoms with Crippen LogP contribution in [0.5, 0.6) is 5.75 Å². The lowest BCUT2D eigenvalue weighted by Gasteiger charge is -2.31. The number of para-hydroxylation sites is 1. The summed E-state index contributed by atoms with van der Waals surface area (Å²) in [5.74, 6) is -0.261. The lowest BCUT2D eigenvalue weighted by atomic mass is 9.88. The number of ether oxygens (including phenoxy) is 1. The third-order valence-corrected chi connectivity index (χ3v) is 4.06. The van der Waals surface area contributed by atoms with Crippen LogP contribution >= 0.6 is 0 Å². The number of hydrogen-bond acceptors (Lipinski definition) is 3. The number of rotatable bonds is 9. The molecule has 122 valence electrons. The maximum absolute atomic E-state index is 12.2. The molecule has 5 heteroatoms. The SMILES string of the molecule is CCC(CC)(CC(=O)O)NC(=O)CCc1ccccc1OC. The number of amides is 1. The second-order valence-corrected chi connectivity index (χ2v) is 5.42. The third kappa shape index (κ3) is 5.06. The topological polar surface area (TPSA) is 75.6 Å². The molecule has 0 aliphatic carbocycles. The minimum atomic E-state index is -0.895. The van der Waals surface area contributed by atoms with Crippen LogP contribution in [0.25, 0.3) is 0 Å². The van der Waals surface area contributed by atoms with E-state index in [1.165, 1.54) is 0 Å². The van der Waals surface area contributed by atoms with Crippen LogP contribution in [0.15, 0.2) is 24.3 Å². The molecule has 1 amide bonds. The van der Waals surface area contributed by atoms with Gasteiger partial charge in [0.15, 0.2) is 0 Å². The van der Waals surface area contributed by atoms with Crippen molar-refractivity contribution in [3.8, 4) is 5.75 Å². The van der Waals surface area contributed by atoms with Crippen molar-refractivity contribution in [1.29, 1.82) is 0 Å². The van der Waals surface area contributed by atoms with Gasteiger partial charge in [0.05, 0.1) is 13.5 Å². The predicted octanol–water partition coefficient (Wildman–Crippen LogP) is 2.78. The van der Waals surface area contributed by atoms with E-state index in [0.717, 1.165) is 11.3 Å². The first-order valence-electron chi connectivity index (χ1n) is 7.61. The summed E-state index contributed by atoms with van der Waals surface area (Å²) in [5, 5.41) is 11.9. The minimum Gasteiger partial charge on any atom is -0.496 e. The number of carboxylic acid groups (broad SMARTS) is 1. The molecule has 0 unspecified atom stereocenters. The average molecular weight is 307 g/mol. The van der Waals surface area contributed by atoms with Crippen LogP contribution in [0.2, 0.25) is 0 Å². The number of nitrogens with one attached hydrogen (secondary N) is 1. The molecule has 22 heavy (non-hydrogen) atoms. The number of benzene rings is 1. The third-order valence-electron chi connectivity index (χ3n) is 4.06. The molecule has 0 saturated carbocycles. The number of carbonyl (C=O) groups is 2. The Balaban J connectivity index is 2.66. The summed E-state index contributed by atoms with van der Waals surface area (Å²) >= 11 is 0. The van der Waals surface area contributed by atoms with Crippen molar-refractivity contribution in [2.45, 2.75) is 51.5 Å². The van der Waals surface area contributed by atoms with Crippen molar-refractivity contribution in [1.82, 2.24) is 5.32 Å². The Kier molecular flexibility index (Phi) is 6.89. The molecule has 0 atom stereocenters. The quantitative estimate of drug-likeness (QED) is 0.735. The summed E-state index contributed by atoms with van der Waals surface area (Å²) < 4.78 is 5.26. The molecule has 2 N–H and O–H groups in total. The molecule has 0 bridgehead atoms. The van der Waals surface area contributed by atoms with E-state index < -0.39 is 11.5 Å². The maximum Gasteiger partial charge on any atom is 0.305 e. The highest BCUT2D eigenvalue weighted by Crippen LogP contribution is 2.22. The predicted molar refractivity (Wildman–Crippen MR) is 85.0 cm³/mol. The van der Waals surface area contributed by atoms with Gasteiger partial charge >= 0.3 is 5.97 Å². The Hall–Kier alpha value is -2.04. The van der Waals surface area contributed by atoms with E-state index in [2.05, 4.69) is 5.32 Å². The van der Waals surface area contributed by atoms with E-state index >= 15 is 0 Å². The maximum atomic E-state index is 12.2. The summed E-state index contributed by atoms with van der Waals surface area (Å²) in [6, 6.07) is 7.58. The zero-order chi connectivity index (χ0) is 16.6. The molecular formula is C17H25NO4. The van der Waals surface area contributed by atoms with Gasteiger partial charge in [0, 0.05) is 12.0 Å². The van der Waals surface area contributed by atoms with Crippen molar-refractivity contribution in [3.05, 3.63) is 29.8 Å². The summed E-state index contributed by atoms with van der Waals surface area (Å²) in [7, 11) is 1.60. The standard InChI is InChI=1S/C17H25NO4/c1-4-17(5-2,12-16(20)21)18-15(19)11-10-13-8-6-7-9-14(13)22-3/h6-9H,4-5,10-12H2,1-3H3,(H,18,19)(H,20,21). The molecule has 0 fully saturated rings. The number of aryl methyl sites for hydroxylation is 1. The summed E-state index contributed by atoms with van der Waals surface area (Å²) in [6.07, 6.45) is 2.00. The van der Waals surface area contributed by atoms with Gasteiger partial charge in [0.1, 0.15) is 5.75 Å². The molecule has 1 rings (SSSR count). The number of hydrogen-bond donors (Lipinski definition) is 2. The highest BCUT2D eigenvalue weighted by atomic mass is 16.5. The summed E-state index contributed by atoms with van der Waals surface area (Å²) in [4.78, 5) is 23.2. The van der Waals surface area contributed by atoms with Crippen molar-refractivity contribution in [2.75, 3.05) is 7.11 Å². The van der Waals surface area contributed by atoms with Gasteiger partial charge in [-0.1, -0.05) is 32.0 Å².